The van der Waals surface area contributed by atoms with Gasteiger partial charge in [0.25, 0.3) is 0 Å². The Morgan fingerprint density at radius 2 is 2.04 bits per heavy atom. The molecule has 1 heterocycles. The summed E-state index contributed by atoms with van der Waals surface area (Å²) in [6, 6.07) is 8.15. The quantitative estimate of drug-likeness (QED) is 0.821. The van der Waals surface area contributed by atoms with Crippen LogP contribution in [0.15, 0.2) is 48.8 Å². The molecular weight excluding hydrogens is 318 g/mol. The van der Waals surface area contributed by atoms with Gasteiger partial charge in [0.15, 0.2) is 0 Å². The van der Waals surface area contributed by atoms with Crippen LogP contribution in [0.25, 0.3) is 0 Å². The molecular formula is C19H21N3O3. The Balaban J connectivity index is 1.65. The molecule has 0 saturated carbocycles. The van der Waals surface area contributed by atoms with E-state index in [4.69, 9.17) is 0 Å². The number of carbonyl (C=O) groups is 2. The summed E-state index contributed by atoms with van der Waals surface area (Å²) in [4.78, 5) is 23.8. The summed E-state index contributed by atoms with van der Waals surface area (Å²) in [7, 11) is 0. The summed E-state index contributed by atoms with van der Waals surface area (Å²) in [5.74, 6) is -2.43. The number of aryl methyl sites for hydroxylation is 1. The number of amides is 1. The molecule has 130 valence electrons. The molecule has 0 fully saturated rings. The minimum atomic E-state index is -0.931. The zero-order valence-corrected chi connectivity index (χ0v) is 14.1. The Labute approximate surface area is 146 Å². The molecule has 2 unspecified atom stereocenters. The predicted octanol–water partition coefficient (Wildman–Crippen LogP) is 2.85. The van der Waals surface area contributed by atoms with Crippen molar-refractivity contribution >= 4 is 17.6 Å². The van der Waals surface area contributed by atoms with E-state index < -0.39 is 17.8 Å². The van der Waals surface area contributed by atoms with Gasteiger partial charge in [0.1, 0.15) is 0 Å². The van der Waals surface area contributed by atoms with Crippen molar-refractivity contribution in [3.05, 3.63) is 59.9 Å². The van der Waals surface area contributed by atoms with Gasteiger partial charge in [-0.05, 0) is 25.3 Å². The molecule has 0 saturated heterocycles. The summed E-state index contributed by atoms with van der Waals surface area (Å²) in [6.07, 6.45) is 7.87. The van der Waals surface area contributed by atoms with Crippen LogP contribution in [0, 0.1) is 18.8 Å². The number of carbonyl (C=O) groups excluding carboxylic acids is 1. The fourth-order valence-corrected chi connectivity index (χ4v) is 3.12. The van der Waals surface area contributed by atoms with Gasteiger partial charge in [0, 0.05) is 6.20 Å². The van der Waals surface area contributed by atoms with E-state index in [-0.39, 0.29) is 5.91 Å². The minimum Gasteiger partial charge on any atom is -0.481 e. The zero-order chi connectivity index (χ0) is 17.8. The molecule has 1 aromatic heterocycles. The predicted molar refractivity (Wildman–Crippen MR) is 94.1 cm³/mol. The van der Waals surface area contributed by atoms with Crippen molar-refractivity contribution in [3.63, 3.8) is 0 Å². The van der Waals surface area contributed by atoms with Crippen molar-refractivity contribution in [2.75, 3.05) is 5.32 Å². The molecule has 3 rings (SSSR count). The molecule has 2 aromatic rings. The first kappa shape index (κ1) is 17.0. The lowest BCUT2D eigenvalue weighted by Crippen LogP contribution is -2.34. The number of aliphatic carboxylic acids is 1. The molecule has 6 heteroatoms. The van der Waals surface area contributed by atoms with E-state index in [9.17, 15) is 14.7 Å². The number of carboxylic acid groups (broad SMARTS) is 1. The molecule has 0 bridgehead atoms. The van der Waals surface area contributed by atoms with Crippen LogP contribution in [0.3, 0.4) is 0 Å². The first-order valence-electron chi connectivity index (χ1n) is 8.29. The lowest BCUT2D eigenvalue weighted by atomic mass is 9.82. The van der Waals surface area contributed by atoms with Gasteiger partial charge in [0.05, 0.1) is 30.3 Å². The SMILES string of the molecule is Cc1cccc(Cn2cc(NC(=O)C3CC=CCC3C(=O)O)cn2)c1. The van der Waals surface area contributed by atoms with Crippen LogP contribution in [0.1, 0.15) is 24.0 Å². The van der Waals surface area contributed by atoms with Gasteiger partial charge < -0.3 is 10.4 Å². The maximum absolute atomic E-state index is 12.4. The van der Waals surface area contributed by atoms with E-state index in [1.54, 1.807) is 17.1 Å². The topological polar surface area (TPSA) is 84.2 Å². The third-order valence-electron chi connectivity index (χ3n) is 4.41. The third-order valence-corrected chi connectivity index (χ3v) is 4.41. The van der Waals surface area contributed by atoms with E-state index in [1.807, 2.05) is 37.3 Å². The van der Waals surface area contributed by atoms with Crippen LogP contribution < -0.4 is 5.32 Å². The number of carboxylic acids is 1. The highest BCUT2D eigenvalue weighted by Crippen LogP contribution is 2.27. The van der Waals surface area contributed by atoms with E-state index >= 15 is 0 Å². The summed E-state index contributed by atoms with van der Waals surface area (Å²) >= 11 is 0. The molecule has 2 atom stereocenters. The summed E-state index contributed by atoms with van der Waals surface area (Å²) < 4.78 is 1.75. The number of hydrogen-bond acceptors (Lipinski definition) is 3. The fraction of sp³-hybridized carbons (Fsp3) is 0.316. The molecule has 0 aliphatic heterocycles. The standard InChI is InChI=1S/C19H21N3O3/c1-13-5-4-6-14(9-13)11-22-12-15(10-20-22)21-18(23)16-7-2-3-8-17(16)19(24)25/h2-6,9-10,12,16-17H,7-8,11H2,1H3,(H,21,23)(H,24,25). The van der Waals surface area contributed by atoms with Crippen LogP contribution in [0.4, 0.5) is 5.69 Å². The molecule has 1 aliphatic carbocycles. The number of aromatic nitrogens is 2. The van der Waals surface area contributed by atoms with Gasteiger partial charge in [-0.2, -0.15) is 5.10 Å². The van der Waals surface area contributed by atoms with Crippen LogP contribution in [-0.2, 0) is 16.1 Å². The maximum Gasteiger partial charge on any atom is 0.307 e. The number of nitrogens with zero attached hydrogens (tertiary/aromatic N) is 2. The van der Waals surface area contributed by atoms with Gasteiger partial charge in [-0.25, -0.2) is 0 Å². The molecule has 2 N–H and O–H groups in total. The summed E-state index contributed by atoms with van der Waals surface area (Å²) in [6.45, 7) is 2.65. The average Bonchev–Trinajstić information content (AvgIpc) is 3.01. The van der Waals surface area contributed by atoms with Crippen LogP contribution >= 0.6 is 0 Å². The Kier molecular flexibility index (Phi) is 4.97. The molecule has 1 aromatic carbocycles. The second-order valence-electron chi connectivity index (χ2n) is 6.40. The number of rotatable bonds is 5. The van der Waals surface area contributed by atoms with E-state index in [1.165, 1.54) is 5.56 Å². The minimum absolute atomic E-state index is 0.271. The number of hydrogen-bond donors (Lipinski definition) is 2. The zero-order valence-electron chi connectivity index (χ0n) is 14.1. The van der Waals surface area contributed by atoms with Crippen molar-refractivity contribution < 1.29 is 14.7 Å². The van der Waals surface area contributed by atoms with Gasteiger partial charge in [-0.1, -0.05) is 42.0 Å². The smallest absolute Gasteiger partial charge is 0.307 e. The third kappa shape index (κ3) is 4.15. The highest BCUT2D eigenvalue weighted by Gasteiger charge is 2.34. The van der Waals surface area contributed by atoms with Crippen LogP contribution in [0.2, 0.25) is 0 Å². The maximum atomic E-state index is 12.4. The molecule has 1 amide bonds. The second kappa shape index (κ2) is 7.34. The van der Waals surface area contributed by atoms with Crippen LogP contribution in [0.5, 0.6) is 0 Å². The summed E-state index contributed by atoms with van der Waals surface area (Å²) in [5.41, 5.74) is 2.89. The van der Waals surface area contributed by atoms with E-state index in [2.05, 4.69) is 16.5 Å². The van der Waals surface area contributed by atoms with Crippen molar-refractivity contribution in [3.8, 4) is 0 Å². The van der Waals surface area contributed by atoms with Crippen LogP contribution in [-0.4, -0.2) is 26.8 Å². The first-order valence-corrected chi connectivity index (χ1v) is 8.29. The highest BCUT2D eigenvalue weighted by molar-refractivity contribution is 5.95. The second-order valence-corrected chi connectivity index (χ2v) is 6.40. The van der Waals surface area contributed by atoms with Crippen molar-refractivity contribution in [2.45, 2.75) is 26.3 Å². The van der Waals surface area contributed by atoms with Gasteiger partial charge in [0.2, 0.25) is 5.91 Å². The Morgan fingerprint density at radius 1 is 1.28 bits per heavy atom. The van der Waals surface area contributed by atoms with Crippen molar-refractivity contribution in [1.82, 2.24) is 9.78 Å². The Hall–Kier alpha value is -2.89. The Morgan fingerprint density at radius 3 is 2.76 bits per heavy atom. The number of anilines is 1. The number of benzene rings is 1. The van der Waals surface area contributed by atoms with Gasteiger partial charge in [-0.15, -0.1) is 0 Å². The lowest BCUT2D eigenvalue weighted by molar-refractivity contribution is -0.146. The number of allylic oxidation sites excluding steroid dienone is 2. The molecule has 0 radical (unpaired) electrons. The molecule has 1 aliphatic rings. The van der Waals surface area contributed by atoms with Gasteiger partial charge in [-0.3, -0.25) is 14.3 Å². The highest BCUT2D eigenvalue weighted by atomic mass is 16.4. The molecule has 6 nitrogen and oxygen atoms in total. The number of nitrogens with one attached hydrogen (secondary N) is 1. The van der Waals surface area contributed by atoms with E-state index in [0.29, 0.717) is 25.1 Å². The van der Waals surface area contributed by atoms with Crippen molar-refractivity contribution in [2.24, 2.45) is 11.8 Å². The molecule has 25 heavy (non-hydrogen) atoms. The van der Waals surface area contributed by atoms with Gasteiger partial charge >= 0.3 is 5.97 Å². The first-order chi connectivity index (χ1) is 12.0. The van der Waals surface area contributed by atoms with Crippen molar-refractivity contribution in [1.29, 1.82) is 0 Å². The largest absolute Gasteiger partial charge is 0.481 e. The molecule has 0 spiro atoms. The summed E-state index contributed by atoms with van der Waals surface area (Å²) in [5, 5.41) is 16.3. The monoisotopic (exact) mass is 339 g/mol. The Bertz CT molecular complexity index is 810. The average molecular weight is 339 g/mol. The fourth-order valence-electron chi connectivity index (χ4n) is 3.12. The lowest BCUT2D eigenvalue weighted by Gasteiger charge is -2.23. The normalized spacial score (nSPS) is 19.6. The van der Waals surface area contributed by atoms with E-state index in [0.717, 1.165) is 5.56 Å².